The predicted molar refractivity (Wildman–Crippen MR) is 141 cm³/mol. The minimum atomic E-state index is -0.907. The Labute approximate surface area is 214 Å². The van der Waals surface area contributed by atoms with Crippen molar-refractivity contribution in [2.24, 2.45) is 0 Å². The fourth-order valence-electron chi connectivity index (χ4n) is 5.04. The summed E-state index contributed by atoms with van der Waals surface area (Å²) in [7, 11) is 0. The van der Waals surface area contributed by atoms with E-state index in [4.69, 9.17) is 0 Å². The van der Waals surface area contributed by atoms with Crippen molar-refractivity contribution in [2.75, 3.05) is 13.1 Å². The van der Waals surface area contributed by atoms with Crippen LogP contribution in [0, 0.1) is 6.92 Å². The molecule has 0 radical (unpaired) electrons. The number of fused-ring (bicyclic) bond motifs is 2. The molecule has 1 saturated heterocycles. The largest absolute Gasteiger partial charge is 0.386 e. The zero-order valence-electron chi connectivity index (χ0n) is 21.3. The average molecular weight is 498 g/mol. The highest BCUT2D eigenvalue weighted by atomic mass is 16.3. The van der Waals surface area contributed by atoms with E-state index >= 15 is 0 Å². The Morgan fingerprint density at radius 1 is 1.11 bits per heavy atom. The lowest BCUT2D eigenvalue weighted by atomic mass is 9.88. The van der Waals surface area contributed by atoms with Crippen LogP contribution in [0.4, 0.5) is 0 Å². The molecule has 0 unspecified atom stereocenters. The van der Waals surface area contributed by atoms with Gasteiger partial charge in [0.2, 0.25) is 0 Å². The van der Waals surface area contributed by atoms with Gasteiger partial charge in [-0.25, -0.2) is 9.67 Å². The van der Waals surface area contributed by atoms with Crippen molar-refractivity contribution in [3.63, 3.8) is 0 Å². The van der Waals surface area contributed by atoms with Gasteiger partial charge in [0.25, 0.3) is 5.91 Å². The van der Waals surface area contributed by atoms with Crippen molar-refractivity contribution >= 4 is 22.5 Å². The number of β-amino-alcohol motifs (C(OH)–C–C–N with tert-alkyl or cyclic N) is 1. The summed E-state index contributed by atoms with van der Waals surface area (Å²) in [6.45, 7) is 7.52. The first-order valence-corrected chi connectivity index (χ1v) is 12.7. The summed E-state index contributed by atoms with van der Waals surface area (Å²) in [5.41, 5.74) is 5.65. The van der Waals surface area contributed by atoms with Gasteiger partial charge in [-0.15, -0.1) is 5.10 Å². The maximum Gasteiger partial charge on any atom is 0.270 e. The number of benzene rings is 1. The number of H-pyrrole nitrogens is 1. The quantitative estimate of drug-likeness (QED) is 0.357. The molecule has 1 aromatic carbocycles. The van der Waals surface area contributed by atoms with Crippen molar-refractivity contribution in [3.8, 4) is 0 Å². The molecule has 37 heavy (non-hydrogen) atoms. The van der Waals surface area contributed by atoms with E-state index in [1.165, 1.54) is 11.1 Å². The smallest absolute Gasteiger partial charge is 0.270 e. The Morgan fingerprint density at radius 3 is 2.76 bits per heavy atom. The lowest BCUT2D eigenvalue weighted by Gasteiger charge is -2.46. The Morgan fingerprint density at radius 2 is 1.95 bits per heavy atom. The third kappa shape index (κ3) is 4.62. The number of aliphatic hydroxyl groups is 1. The normalized spacial score (nSPS) is 15.1. The van der Waals surface area contributed by atoms with Gasteiger partial charge in [-0.3, -0.25) is 4.79 Å². The molecule has 0 bridgehead atoms. The molecule has 1 aliphatic rings. The van der Waals surface area contributed by atoms with Gasteiger partial charge in [0.05, 0.1) is 31.0 Å². The monoisotopic (exact) mass is 497 g/mol. The lowest BCUT2D eigenvalue weighted by Crippen LogP contribution is -2.63. The summed E-state index contributed by atoms with van der Waals surface area (Å²) >= 11 is 0. The van der Waals surface area contributed by atoms with Gasteiger partial charge in [0.1, 0.15) is 16.9 Å². The molecule has 5 aromatic rings. The topological polar surface area (TPSA) is 104 Å². The molecule has 1 amide bonds. The molecule has 1 aliphatic heterocycles. The highest BCUT2D eigenvalue weighted by Crippen LogP contribution is 2.29. The first kappa shape index (κ1) is 23.4. The van der Waals surface area contributed by atoms with Crippen LogP contribution >= 0.6 is 0 Å². The third-order valence-corrected chi connectivity index (χ3v) is 7.21. The van der Waals surface area contributed by atoms with E-state index in [0.717, 1.165) is 27.9 Å². The maximum absolute atomic E-state index is 13.0. The molecule has 0 atom stereocenters. The number of aromatic amines is 1. The number of imidazole rings is 1. The maximum atomic E-state index is 13.0. The molecule has 5 heterocycles. The van der Waals surface area contributed by atoms with Crippen molar-refractivity contribution in [1.29, 1.82) is 0 Å². The minimum Gasteiger partial charge on any atom is -0.386 e. The van der Waals surface area contributed by atoms with E-state index in [2.05, 4.69) is 53.2 Å². The lowest BCUT2D eigenvalue weighted by molar-refractivity contribution is -0.0856. The molecule has 9 nitrogen and oxygen atoms in total. The highest BCUT2D eigenvalue weighted by molar-refractivity contribution is 5.98. The van der Waals surface area contributed by atoms with Crippen LogP contribution in [0.1, 0.15) is 59.2 Å². The fraction of sp³-hybridized carbons (Fsp3) is 0.357. The number of hydrogen-bond donors (Lipinski definition) is 2. The van der Waals surface area contributed by atoms with Crippen molar-refractivity contribution < 1.29 is 9.90 Å². The number of carbonyl (C=O) groups is 1. The third-order valence-electron chi connectivity index (χ3n) is 7.21. The molecule has 0 saturated carbocycles. The van der Waals surface area contributed by atoms with E-state index in [1.54, 1.807) is 9.58 Å². The zero-order chi connectivity index (χ0) is 25.7. The molecule has 4 aromatic heterocycles. The number of likely N-dealkylation sites (tertiary alicyclic amines) is 1. The first-order chi connectivity index (χ1) is 17.7. The summed E-state index contributed by atoms with van der Waals surface area (Å²) < 4.78 is 3.78. The Balaban J connectivity index is 1.04. The van der Waals surface area contributed by atoms with Crippen LogP contribution in [0.2, 0.25) is 0 Å². The molecule has 0 spiro atoms. The summed E-state index contributed by atoms with van der Waals surface area (Å²) in [5.74, 6) is 0.342. The van der Waals surface area contributed by atoms with Gasteiger partial charge < -0.3 is 19.4 Å². The second kappa shape index (κ2) is 8.85. The van der Waals surface area contributed by atoms with Crippen LogP contribution in [-0.2, 0) is 13.0 Å². The number of pyridine rings is 1. The van der Waals surface area contributed by atoms with E-state index in [9.17, 15) is 9.90 Å². The van der Waals surface area contributed by atoms with Gasteiger partial charge in [0.15, 0.2) is 0 Å². The molecular formula is C28H31N7O2. The van der Waals surface area contributed by atoms with Crippen molar-refractivity contribution in [3.05, 3.63) is 83.2 Å². The Kier molecular flexibility index (Phi) is 5.60. The molecule has 190 valence electrons. The van der Waals surface area contributed by atoms with Gasteiger partial charge in [-0.2, -0.15) is 0 Å². The highest BCUT2D eigenvalue weighted by Gasteiger charge is 2.43. The van der Waals surface area contributed by atoms with Gasteiger partial charge in [-0.1, -0.05) is 37.3 Å². The zero-order valence-corrected chi connectivity index (χ0v) is 21.3. The fourth-order valence-corrected chi connectivity index (χ4v) is 5.04. The number of rotatable bonds is 7. The van der Waals surface area contributed by atoms with Crippen LogP contribution < -0.4 is 0 Å². The van der Waals surface area contributed by atoms with E-state index in [0.29, 0.717) is 44.1 Å². The van der Waals surface area contributed by atoms with Gasteiger partial charge in [-0.05, 0) is 55.0 Å². The van der Waals surface area contributed by atoms with Crippen LogP contribution in [0.5, 0.6) is 0 Å². The number of aromatic nitrogens is 6. The molecule has 0 aliphatic carbocycles. The van der Waals surface area contributed by atoms with Crippen molar-refractivity contribution in [1.82, 2.24) is 34.3 Å². The standard InChI is InChI=1S/C28H31N7O2/c1-18(2)20-5-6-21-11-25(30-24(21)10-20)27(36)34-16-28(37,17-34)9-8-22-14-35(32-31-22)15-23-13-33-12-19(3)4-7-26(33)29-23/h4-7,10-14,18,30,37H,8-9,15-17H2,1-3H3. The first-order valence-electron chi connectivity index (χ1n) is 12.7. The summed E-state index contributed by atoms with van der Waals surface area (Å²) in [5, 5.41) is 20.5. The minimum absolute atomic E-state index is 0.0828. The van der Waals surface area contributed by atoms with Gasteiger partial charge >= 0.3 is 0 Å². The second-order valence-corrected chi connectivity index (χ2v) is 10.7. The Hall–Kier alpha value is -3.98. The molecule has 6 rings (SSSR count). The summed E-state index contributed by atoms with van der Waals surface area (Å²) in [6.07, 6.45) is 7.06. The SMILES string of the molecule is Cc1ccc2nc(Cn3cc(CCC4(O)CN(C(=O)c5cc6ccc(C(C)C)cc6[nH]5)C4)nn3)cn2c1. The molecule has 2 N–H and O–H groups in total. The van der Waals surface area contributed by atoms with Crippen LogP contribution in [0.25, 0.3) is 16.6 Å². The number of carbonyl (C=O) groups excluding carboxylic acids is 1. The predicted octanol–water partition coefficient (Wildman–Crippen LogP) is 3.71. The van der Waals surface area contributed by atoms with E-state index < -0.39 is 5.60 Å². The van der Waals surface area contributed by atoms with E-state index in [-0.39, 0.29) is 5.91 Å². The van der Waals surface area contributed by atoms with Gasteiger partial charge in [0, 0.05) is 29.5 Å². The number of nitrogens with one attached hydrogen (secondary N) is 1. The van der Waals surface area contributed by atoms with Crippen LogP contribution in [0.3, 0.4) is 0 Å². The molecule has 1 fully saturated rings. The van der Waals surface area contributed by atoms with Crippen LogP contribution in [-0.4, -0.2) is 64.0 Å². The summed E-state index contributed by atoms with van der Waals surface area (Å²) in [4.78, 5) is 22.6. The number of hydrogen-bond acceptors (Lipinski definition) is 5. The van der Waals surface area contributed by atoms with Crippen molar-refractivity contribution in [2.45, 2.75) is 51.7 Å². The number of amides is 1. The average Bonchev–Trinajstić information content (AvgIpc) is 3.57. The van der Waals surface area contributed by atoms with E-state index in [1.807, 2.05) is 47.3 Å². The Bertz CT molecular complexity index is 1600. The number of nitrogens with zero attached hydrogens (tertiary/aromatic N) is 6. The second-order valence-electron chi connectivity index (χ2n) is 10.7. The molecular weight excluding hydrogens is 466 g/mol. The summed E-state index contributed by atoms with van der Waals surface area (Å²) in [6, 6.07) is 12.2. The molecule has 9 heteroatoms. The van der Waals surface area contributed by atoms with Crippen LogP contribution in [0.15, 0.2) is 55.0 Å². The number of aryl methyl sites for hydroxylation is 2.